The number of hydrogen-bond acceptors (Lipinski definition) is 5. The van der Waals surface area contributed by atoms with Crippen molar-refractivity contribution in [3.8, 4) is 0 Å². The summed E-state index contributed by atoms with van der Waals surface area (Å²) in [6, 6.07) is 4.16. The van der Waals surface area contributed by atoms with Gasteiger partial charge in [-0.25, -0.2) is 13.2 Å². The molecule has 2 aromatic rings. The number of methoxy groups -OCH3 is 1. The van der Waals surface area contributed by atoms with Crippen molar-refractivity contribution >= 4 is 27.6 Å². The molecule has 3 rings (SSSR count). The minimum atomic E-state index is -4.58. The van der Waals surface area contributed by atoms with E-state index in [1.165, 1.54) is 23.9 Å². The molecule has 168 valence electrons. The summed E-state index contributed by atoms with van der Waals surface area (Å²) in [5.74, 6) is -1.45. The first-order valence-corrected chi connectivity index (χ1v) is 10.6. The monoisotopic (exact) mass is 459 g/mol. The third-order valence-corrected chi connectivity index (χ3v) is 6.82. The molecule has 1 aliphatic rings. The van der Waals surface area contributed by atoms with Crippen LogP contribution in [0.25, 0.3) is 0 Å². The van der Waals surface area contributed by atoms with Gasteiger partial charge >= 0.3 is 12.1 Å². The molecule has 1 N–H and O–H groups in total. The van der Waals surface area contributed by atoms with Crippen LogP contribution in [0.15, 0.2) is 41.4 Å². The fourth-order valence-corrected chi connectivity index (χ4v) is 5.14. The van der Waals surface area contributed by atoms with Crippen molar-refractivity contribution in [2.75, 3.05) is 19.0 Å². The number of carbonyl (C=O) groups is 2. The highest BCUT2D eigenvalue weighted by molar-refractivity contribution is 7.89. The van der Waals surface area contributed by atoms with E-state index in [1.807, 2.05) is 0 Å². The Bertz CT molecular complexity index is 1110. The molecule has 0 unspecified atom stereocenters. The lowest BCUT2D eigenvalue weighted by Gasteiger charge is -2.23. The van der Waals surface area contributed by atoms with E-state index in [2.05, 4.69) is 10.1 Å². The van der Waals surface area contributed by atoms with E-state index in [1.54, 1.807) is 0 Å². The Morgan fingerprint density at radius 1 is 1.23 bits per heavy atom. The molecule has 1 aromatic heterocycles. The molecule has 1 fully saturated rings. The lowest BCUT2D eigenvalue weighted by Crippen LogP contribution is -2.43. The molecule has 12 heteroatoms. The number of nitrogens with one attached hydrogen (secondary N) is 1. The largest absolute Gasteiger partial charge is 0.464 e. The number of halogens is 3. The number of benzene rings is 1. The van der Waals surface area contributed by atoms with Gasteiger partial charge in [0.1, 0.15) is 16.6 Å². The van der Waals surface area contributed by atoms with Crippen LogP contribution in [0.2, 0.25) is 0 Å². The fourth-order valence-electron chi connectivity index (χ4n) is 3.41. The summed E-state index contributed by atoms with van der Waals surface area (Å²) in [6.45, 7) is 0.0610. The van der Waals surface area contributed by atoms with Crippen molar-refractivity contribution in [3.63, 3.8) is 0 Å². The summed E-state index contributed by atoms with van der Waals surface area (Å²) < 4.78 is 71.8. The third-order valence-electron chi connectivity index (χ3n) is 4.94. The number of alkyl halides is 3. The summed E-state index contributed by atoms with van der Waals surface area (Å²) in [5, 5.41) is 2.37. The number of nitrogens with zero attached hydrogens (tertiary/aromatic N) is 2. The minimum Gasteiger partial charge on any atom is -0.464 e. The summed E-state index contributed by atoms with van der Waals surface area (Å²) >= 11 is 0. The molecule has 1 amide bonds. The maximum absolute atomic E-state index is 13.1. The Morgan fingerprint density at radius 3 is 2.58 bits per heavy atom. The Kier molecular flexibility index (Phi) is 6.14. The van der Waals surface area contributed by atoms with Gasteiger partial charge in [-0.2, -0.15) is 17.5 Å². The fraction of sp³-hybridized carbons (Fsp3) is 0.368. The average molecular weight is 459 g/mol. The van der Waals surface area contributed by atoms with E-state index in [0.29, 0.717) is 6.42 Å². The van der Waals surface area contributed by atoms with Gasteiger partial charge in [-0.1, -0.05) is 6.07 Å². The molecule has 1 atom stereocenters. The minimum absolute atomic E-state index is 0.0187. The van der Waals surface area contributed by atoms with Crippen molar-refractivity contribution < 1.29 is 35.9 Å². The highest BCUT2D eigenvalue weighted by atomic mass is 32.2. The van der Waals surface area contributed by atoms with Crippen LogP contribution < -0.4 is 5.32 Å². The molecule has 0 radical (unpaired) electrons. The number of anilines is 1. The lowest BCUT2D eigenvalue weighted by atomic mass is 10.1. The number of esters is 1. The number of hydrogen-bond donors (Lipinski definition) is 1. The second kappa shape index (κ2) is 8.35. The molecule has 0 spiro atoms. The van der Waals surface area contributed by atoms with Crippen molar-refractivity contribution in [1.82, 2.24) is 8.87 Å². The first kappa shape index (κ1) is 22.8. The number of carbonyl (C=O) groups excluding carboxylic acids is 2. The maximum atomic E-state index is 13.1. The summed E-state index contributed by atoms with van der Waals surface area (Å²) in [6.07, 6.45) is -2.73. The van der Waals surface area contributed by atoms with Crippen molar-refractivity contribution in [1.29, 1.82) is 0 Å². The SMILES string of the molecule is COC(=O)c1cc(S(=O)(=O)N2CCC[C@@H]2C(=O)Nc2cccc(C(F)(F)F)c2)cn1C. The third kappa shape index (κ3) is 4.59. The van der Waals surface area contributed by atoms with Gasteiger partial charge in [0.2, 0.25) is 15.9 Å². The lowest BCUT2D eigenvalue weighted by molar-refractivity contribution is -0.137. The predicted octanol–water partition coefficient (Wildman–Crippen LogP) is 2.62. The van der Waals surface area contributed by atoms with Gasteiger partial charge in [0.15, 0.2) is 0 Å². The Labute approximate surface area is 176 Å². The molecular formula is C19H20F3N3O5S. The first-order valence-electron chi connectivity index (χ1n) is 9.20. The van der Waals surface area contributed by atoms with Crippen molar-refractivity contribution in [2.45, 2.75) is 30.0 Å². The van der Waals surface area contributed by atoms with E-state index < -0.39 is 39.7 Å². The van der Waals surface area contributed by atoms with E-state index in [9.17, 15) is 31.2 Å². The van der Waals surface area contributed by atoms with Crippen molar-refractivity contribution in [3.05, 3.63) is 47.8 Å². The van der Waals surface area contributed by atoms with Crippen molar-refractivity contribution in [2.24, 2.45) is 7.05 Å². The van der Waals surface area contributed by atoms with Gasteiger partial charge in [-0.3, -0.25) is 4.79 Å². The Morgan fingerprint density at radius 2 is 1.94 bits per heavy atom. The Hall–Kier alpha value is -2.86. The van der Waals surface area contributed by atoms with E-state index >= 15 is 0 Å². The van der Waals surface area contributed by atoms with Gasteiger partial charge in [0.25, 0.3) is 0 Å². The predicted molar refractivity (Wildman–Crippen MR) is 104 cm³/mol. The zero-order valence-electron chi connectivity index (χ0n) is 16.6. The molecule has 0 saturated carbocycles. The van der Waals surface area contributed by atoms with Crippen LogP contribution in [-0.2, 0) is 32.8 Å². The number of aromatic nitrogens is 1. The molecule has 2 heterocycles. The van der Waals surface area contributed by atoms with Crippen LogP contribution in [0.3, 0.4) is 0 Å². The van der Waals surface area contributed by atoms with Crippen LogP contribution >= 0.6 is 0 Å². The highest BCUT2D eigenvalue weighted by Crippen LogP contribution is 2.32. The quantitative estimate of drug-likeness (QED) is 0.694. The normalized spacial score (nSPS) is 17.5. The molecule has 0 bridgehead atoms. The molecule has 0 aliphatic carbocycles. The number of aryl methyl sites for hydroxylation is 1. The van der Waals surface area contributed by atoms with Crippen LogP contribution in [0.4, 0.5) is 18.9 Å². The van der Waals surface area contributed by atoms with Crippen LogP contribution in [-0.4, -0.2) is 48.9 Å². The zero-order valence-corrected chi connectivity index (χ0v) is 17.5. The maximum Gasteiger partial charge on any atom is 0.416 e. The number of rotatable bonds is 5. The highest BCUT2D eigenvalue weighted by Gasteiger charge is 2.40. The Balaban J connectivity index is 1.84. The topological polar surface area (TPSA) is 97.7 Å². The summed E-state index contributed by atoms with van der Waals surface area (Å²) in [7, 11) is -1.49. The van der Waals surface area contributed by atoms with Crippen LogP contribution in [0.1, 0.15) is 28.9 Å². The van der Waals surface area contributed by atoms with Gasteiger partial charge in [0, 0.05) is 25.5 Å². The van der Waals surface area contributed by atoms with Gasteiger partial charge in [-0.15, -0.1) is 0 Å². The number of amides is 1. The number of ether oxygens (including phenoxy) is 1. The molecular weight excluding hydrogens is 439 g/mol. The van der Waals surface area contributed by atoms with E-state index in [-0.39, 0.29) is 29.2 Å². The molecule has 8 nitrogen and oxygen atoms in total. The molecule has 31 heavy (non-hydrogen) atoms. The van der Waals surface area contributed by atoms with Crippen LogP contribution in [0, 0.1) is 0 Å². The first-order chi connectivity index (χ1) is 14.4. The second-order valence-electron chi connectivity index (χ2n) is 7.01. The second-order valence-corrected chi connectivity index (χ2v) is 8.90. The van der Waals surface area contributed by atoms with E-state index in [0.717, 1.165) is 35.7 Å². The molecule has 1 aliphatic heterocycles. The van der Waals surface area contributed by atoms with Crippen LogP contribution in [0.5, 0.6) is 0 Å². The van der Waals surface area contributed by atoms with E-state index in [4.69, 9.17) is 0 Å². The van der Waals surface area contributed by atoms with Gasteiger partial charge in [-0.05, 0) is 37.1 Å². The summed E-state index contributed by atoms with van der Waals surface area (Å²) in [5.41, 5.74) is -0.997. The number of sulfonamides is 1. The van der Waals surface area contributed by atoms with Gasteiger partial charge in [0.05, 0.1) is 12.7 Å². The molecule has 1 saturated heterocycles. The molecule has 1 aromatic carbocycles. The van der Waals surface area contributed by atoms with Gasteiger partial charge < -0.3 is 14.6 Å². The smallest absolute Gasteiger partial charge is 0.416 e. The summed E-state index contributed by atoms with van der Waals surface area (Å²) in [4.78, 5) is 24.3. The standard InChI is InChI=1S/C19H20F3N3O5S/c1-24-11-14(10-16(24)18(27)30-2)31(28,29)25-8-4-7-15(25)17(26)23-13-6-3-5-12(9-13)19(20,21)22/h3,5-6,9-11,15H,4,7-8H2,1-2H3,(H,23,26)/t15-/m1/s1. The average Bonchev–Trinajstić information content (AvgIpc) is 3.34. The zero-order chi connectivity index (χ0) is 23.0.